The standard InChI is InChI=1S/C16H16N4O2S/c1-19(10-14-8-5-9-23-14)15(21)11-22-16-17-12-20(18-16)13-6-3-2-4-7-13/h2-9,12H,10-11H2,1H3. The first-order valence-corrected chi connectivity index (χ1v) is 7.96. The SMILES string of the molecule is CN(Cc1cccs1)C(=O)COc1ncn(-c2ccccc2)n1. The van der Waals surface area contributed by atoms with Gasteiger partial charge in [-0.2, -0.15) is 4.98 Å². The molecule has 0 radical (unpaired) electrons. The molecule has 118 valence electrons. The van der Waals surface area contributed by atoms with Crippen molar-refractivity contribution in [3.8, 4) is 11.7 Å². The van der Waals surface area contributed by atoms with Crippen molar-refractivity contribution in [1.29, 1.82) is 0 Å². The van der Waals surface area contributed by atoms with E-state index in [1.807, 2.05) is 47.8 Å². The average Bonchev–Trinajstić information content (AvgIpc) is 3.25. The van der Waals surface area contributed by atoms with Gasteiger partial charge in [-0.1, -0.05) is 24.3 Å². The van der Waals surface area contributed by atoms with Crippen LogP contribution in [0.25, 0.3) is 5.69 Å². The van der Waals surface area contributed by atoms with Crippen LogP contribution < -0.4 is 4.74 Å². The number of rotatable bonds is 6. The van der Waals surface area contributed by atoms with E-state index in [0.717, 1.165) is 10.6 Å². The predicted molar refractivity (Wildman–Crippen MR) is 87.6 cm³/mol. The van der Waals surface area contributed by atoms with Gasteiger partial charge in [0, 0.05) is 11.9 Å². The fraction of sp³-hybridized carbons (Fsp3) is 0.188. The summed E-state index contributed by atoms with van der Waals surface area (Å²) in [5, 5.41) is 6.19. The second-order valence-electron chi connectivity index (χ2n) is 4.93. The van der Waals surface area contributed by atoms with Crippen molar-refractivity contribution in [2.75, 3.05) is 13.7 Å². The fourth-order valence-corrected chi connectivity index (χ4v) is 2.74. The second-order valence-corrected chi connectivity index (χ2v) is 5.96. The minimum Gasteiger partial charge on any atom is -0.452 e. The Morgan fingerprint density at radius 2 is 2.09 bits per heavy atom. The summed E-state index contributed by atoms with van der Waals surface area (Å²) in [6, 6.07) is 13.7. The van der Waals surface area contributed by atoms with Crippen molar-refractivity contribution >= 4 is 17.2 Å². The fourth-order valence-electron chi connectivity index (χ4n) is 1.98. The van der Waals surface area contributed by atoms with Gasteiger partial charge in [-0.05, 0) is 23.6 Å². The molecule has 7 heteroatoms. The summed E-state index contributed by atoms with van der Waals surface area (Å²) in [7, 11) is 1.75. The van der Waals surface area contributed by atoms with Crippen LogP contribution in [0.5, 0.6) is 6.01 Å². The third-order valence-corrected chi connectivity index (χ3v) is 4.08. The van der Waals surface area contributed by atoms with Crippen LogP contribution in [0, 0.1) is 0 Å². The molecule has 2 heterocycles. The van der Waals surface area contributed by atoms with Gasteiger partial charge in [-0.3, -0.25) is 4.79 Å². The lowest BCUT2D eigenvalue weighted by Gasteiger charge is -2.15. The van der Waals surface area contributed by atoms with Crippen LogP contribution >= 0.6 is 11.3 Å². The van der Waals surface area contributed by atoms with E-state index < -0.39 is 0 Å². The molecule has 0 aliphatic carbocycles. The molecule has 3 aromatic rings. The first-order chi connectivity index (χ1) is 11.2. The van der Waals surface area contributed by atoms with Crippen LogP contribution in [0.3, 0.4) is 0 Å². The van der Waals surface area contributed by atoms with Gasteiger partial charge < -0.3 is 9.64 Å². The summed E-state index contributed by atoms with van der Waals surface area (Å²) in [5.74, 6) is -0.116. The van der Waals surface area contributed by atoms with Gasteiger partial charge in [0.2, 0.25) is 0 Å². The molecular formula is C16H16N4O2S. The Kier molecular flexibility index (Phi) is 4.68. The van der Waals surface area contributed by atoms with Gasteiger partial charge in [0.05, 0.1) is 12.2 Å². The Bertz CT molecular complexity index is 756. The lowest BCUT2D eigenvalue weighted by atomic mass is 10.3. The van der Waals surface area contributed by atoms with E-state index in [0.29, 0.717) is 6.54 Å². The van der Waals surface area contributed by atoms with Gasteiger partial charge in [0.25, 0.3) is 5.91 Å². The van der Waals surface area contributed by atoms with Crippen molar-refractivity contribution in [2.24, 2.45) is 0 Å². The van der Waals surface area contributed by atoms with E-state index in [9.17, 15) is 4.79 Å². The number of hydrogen-bond donors (Lipinski definition) is 0. The number of para-hydroxylation sites is 1. The van der Waals surface area contributed by atoms with E-state index in [2.05, 4.69) is 10.1 Å². The molecule has 0 N–H and O–H groups in total. The molecule has 6 nitrogen and oxygen atoms in total. The molecule has 0 saturated carbocycles. The van der Waals surface area contributed by atoms with Gasteiger partial charge in [0.15, 0.2) is 6.61 Å². The zero-order valence-corrected chi connectivity index (χ0v) is 13.4. The van der Waals surface area contributed by atoms with Gasteiger partial charge >= 0.3 is 6.01 Å². The molecule has 23 heavy (non-hydrogen) atoms. The molecule has 0 bridgehead atoms. The van der Waals surface area contributed by atoms with Gasteiger partial charge in [-0.15, -0.1) is 16.4 Å². The number of ether oxygens (including phenoxy) is 1. The monoisotopic (exact) mass is 328 g/mol. The van der Waals surface area contributed by atoms with Crippen LogP contribution in [0.4, 0.5) is 0 Å². The summed E-state index contributed by atoms with van der Waals surface area (Å²) >= 11 is 1.62. The number of likely N-dealkylation sites (N-methyl/N-ethyl adjacent to an activating group) is 1. The maximum absolute atomic E-state index is 12.1. The molecule has 2 aromatic heterocycles. The molecule has 0 fully saturated rings. The van der Waals surface area contributed by atoms with Gasteiger partial charge in [0.1, 0.15) is 6.33 Å². The Morgan fingerprint density at radius 1 is 1.26 bits per heavy atom. The number of aromatic nitrogens is 3. The molecule has 0 aliphatic rings. The lowest BCUT2D eigenvalue weighted by Crippen LogP contribution is -2.30. The molecular weight excluding hydrogens is 312 g/mol. The largest absolute Gasteiger partial charge is 0.452 e. The number of carbonyl (C=O) groups is 1. The molecule has 1 amide bonds. The smallest absolute Gasteiger partial charge is 0.336 e. The van der Waals surface area contributed by atoms with Crippen LogP contribution in [0.15, 0.2) is 54.2 Å². The van der Waals surface area contributed by atoms with Crippen LogP contribution in [0.2, 0.25) is 0 Å². The molecule has 0 aliphatic heterocycles. The quantitative estimate of drug-likeness (QED) is 0.697. The second kappa shape index (κ2) is 7.06. The Hall–Kier alpha value is -2.67. The zero-order chi connectivity index (χ0) is 16.1. The van der Waals surface area contributed by atoms with E-state index in [1.165, 1.54) is 0 Å². The van der Waals surface area contributed by atoms with E-state index in [4.69, 9.17) is 4.74 Å². The maximum Gasteiger partial charge on any atom is 0.336 e. The number of amides is 1. The Morgan fingerprint density at radius 3 is 2.83 bits per heavy atom. The zero-order valence-electron chi connectivity index (χ0n) is 12.6. The minimum atomic E-state index is -0.116. The van der Waals surface area contributed by atoms with Crippen LogP contribution in [-0.2, 0) is 11.3 Å². The summed E-state index contributed by atoms with van der Waals surface area (Å²) in [6.45, 7) is 0.492. The number of thiophene rings is 1. The van der Waals surface area contributed by atoms with E-state index in [1.54, 1.807) is 34.3 Å². The van der Waals surface area contributed by atoms with Gasteiger partial charge in [-0.25, -0.2) is 4.68 Å². The average molecular weight is 328 g/mol. The maximum atomic E-state index is 12.1. The third-order valence-electron chi connectivity index (χ3n) is 3.22. The molecule has 0 saturated heterocycles. The van der Waals surface area contributed by atoms with Crippen LogP contribution in [0.1, 0.15) is 4.88 Å². The normalized spacial score (nSPS) is 10.5. The molecule has 0 unspecified atom stereocenters. The highest BCUT2D eigenvalue weighted by molar-refractivity contribution is 7.09. The van der Waals surface area contributed by atoms with E-state index in [-0.39, 0.29) is 18.5 Å². The third kappa shape index (κ3) is 3.95. The van der Waals surface area contributed by atoms with Crippen molar-refractivity contribution in [3.63, 3.8) is 0 Å². The molecule has 0 atom stereocenters. The number of benzene rings is 1. The van der Waals surface area contributed by atoms with Crippen molar-refractivity contribution in [2.45, 2.75) is 6.54 Å². The number of hydrogen-bond acceptors (Lipinski definition) is 5. The Labute approximate surface area is 138 Å². The lowest BCUT2D eigenvalue weighted by molar-refractivity contribution is -0.132. The van der Waals surface area contributed by atoms with Crippen molar-refractivity contribution in [3.05, 3.63) is 59.0 Å². The summed E-state index contributed by atoms with van der Waals surface area (Å²) in [5.41, 5.74) is 0.885. The summed E-state index contributed by atoms with van der Waals surface area (Å²) in [4.78, 5) is 18.9. The van der Waals surface area contributed by atoms with Crippen molar-refractivity contribution in [1.82, 2.24) is 19.7 Å². The Balaban J connectivity index is 1.54. The topological polar surface area (TPSA) is 60.3 Å². The van der Waals surface area contributed by atoms with E-state index >= 15 is 0 Å². The molecule has 0 spiro atoms. The molecule has 1 aromatic carbocycles. The number of nitrogens with zero attached hydrogens (tertiary/aromatic N) is 4. The highest BCUT2D eigenvalue weighted by Crippen LogP contribution is 2.11. The highest BCUT2D eigenvalue weighted by Gasteiger charge is 2.12. The van der Waals surface area contributed by atoms with Crippen LogP contribution in [-0.4, -0.2) is 39.2 Å². The summed E-state index contributed by atoms with van der Waals surface area (Å²) < 4.78 is 6.99. The highest BCUT2D eigenvalue weighted by atomic mass is 32.1. The first kappa shape index (κ1) is 15.2. The summed E-state index contributed by atoms with van der Waals surface area (Å²) in [6.07, 6.45) is 1.56. The minimum absolute atomic E-state index is 0.0827. The van der Waals surface area contributed by atoms with Crippen molar-refractivity contribution < 1.29 is 9.53 Å². The number of carbonyl (C=O) groups excluding carboxylic acids is 1. The first-order valence-electron chi connectivity index (χ1n) is 7.08. The molecule has 3 rings (SSSR count). The predicted octanol–water partition coefficient (Wildman–Crippen LogP) is 2.37.